The summed E-state index contributed by atoms with van der Waals surface area (Å²) in [4.78, 5) is 1.03. The van der Waals surface area contributed by atoms with E-state index >= 15 is 0 Å². The summed E-state index contributed by atoms with van der Waals surface area (Å²) in [6, 6.07) is 4.78. The number of hydrogen-bond acceptors (Lipinski definition) is 4. The van der Waals surface area contributed by atoms with Gasteiger partial charge >= 0.3 is 0 Å². The second-order valence-electron chi connectivity index (χ2n) is 4.35. The Balaban J connectivity index is 2.53. The van der Waals surface area contributed by atoms with E-state index in [9.17, 15) is 4.39 Å². The van der Waals surface area contributed by atoms with E-state index in [1.54, 1.807) is 24.5 Å². The van der Waals surface area contributed by atoms with Crippen molar-refractivity contribution < 1.29 is 13.9 Å². The van der Waals surface area contributed by atoms with Crippen molar-refractivity contribution in [2.75, 3.05) is 20.8 Å². The van der Waals surface area contributed by atoms with E-state index in [0.29, 0.717) is 17.1 Å². The number of nitrogens with one attached hydrogen (secondary N) is 1. The van der Waals surface area contributed by atoms with Crippen LogP contribution >= 0.6 is 27.3 Å². The molecule has 0 saturated heterocycles. The van der Waals surface area contributed by atoms with Crippen molar-refractivity contribution in [3.63, 3.8) is 0 Å². The summed E-state index contributed by atoms with van der Waals surface area (Å²) < 4.78 is 25.8. The molecule has 2 rings (SSSR count). The molecule has 3 nitrogen and oxygen atoms in total. The van der Waals surface area contributed by atoms with Crippen LogP contribution in [0.1, 0.15) is 23.4 Å². The van der Waals surface area contributed by atoms with Crippen molar-refractivity contribution in [2.45, 2.75) is 13.0 Å². The third-order valence-corrected chi connectivity index (χ3v) is 5.06. The van der Waals surface area contributed by atoms with Crippen LogP contribution in [-0.2, 0) is 0 Å². The second-order valence-corrected chi connectivity index (χ2v) is 6.15. The largest absolute Gasteiger partial charge is 0.493 e. The molecule has 114 valence electrons. The molecule has 21 heavy (non-hydrogen) atoms. The maximum absolute atomic E-state index is 14.5. The van der Waals surface area contributed by atoms with Crippen molar-refractivity contribution in [2.24, 2.45) is 0 Å². The van der Waals surface area contributed by atoms with Gasteiger partial charge in [-0.15, -0.1) is 11.3 Å². The topological polar surface area (TPSA) is 30.5 Å². The SMILES string of the molecule is CCNC(c1cc(OC)c(OC)cc1F)c1sccc1Br. The van der Waals surface area contributed by atoms with Crippen LogP contribution in [0.4, 0.5) is 4.39 Å². The van der Waals surface area contributed by atoms with Gasteiger partial charge in [0.05, 0.1) is 20.3 Å². The minimum atomic E-state index is -0.320. The van der Waals surface area contributed by atoms with Gasteiger partial charge in [0.2, 0.25) is 0 Å². The van der Waals surface area contributed by atoms with Gasteiger partial charge in [-0.25, -0.2) is 4.39 Å². The molecular formula is C15H17BrFNO2S. The average molecular weight is 374 g/mol. The molecule has 1 atom stereocenters. The molecule has 1 aromatic heterocycles. The first-order valence-electron chi connectivity index (χ1n) is 6.50. The maximum Gasteiger partial charge on any atom is 0.163 e. The van der Waals surface area contributed by atoms with Crippen molar-refractivity contribution in [1.29, 1.82) is 0 Å². The van der Waals surface area contributed by atoms with Crippen LogP contribution in [0.5, 0.6) is 11.5 Å². The van der Waals surface area contributed by atoms with E-state index < -0.39 is 0 Å². The quantitative estimate of drug-likeness (QED) is 0.815. The summed E-state index contributed by atoms with van der Waals surface area (Å²) in [5.41, 5.74) is 0.539. The Hall–Kier alpha value is -1.11. The Morgan fingerprint density at radius 1 is 1.29 bits per heavy atom. The van der Waals surface area contributed by atoms with Crippen LogP contribution < -0.4 is 14.8 Å². The summed E-state index contributed by atoms with van der Waals surface area (Å²) >= 11 is 5.09. The number of benzene rings is 1. The molecule has 6 heteroatoms. The van der Waals surface area contributed by atoms with Gasteiger partial charge in [-0.1, -0.05) is 6.92 Å². The van der Waals surface area contributed by atoms with E-state index in [-0.39, 0.29) is 11.9 Å². The van der Waals surface area contributed by atoms with Crippen LogP contribution in [0.2, 0.25) is 0 Å². The highest BCUT2D eigenvalue weighted by atomic mass is 79.9. The normalized spacial score (nSPS) is 12.2. The fourth-order valence-corrected chi connectivity index (χ4v) is 3.84. The predicted molar refractivity (Wildman–Crippen MR) is 87.0 cm³/mol. The molecule has 0 spiro atoms. The fraction of sp³-hybridized carbons (Fsp3) is 0.333. The molecule has 0 amide bonds. The lowest BCUT2D eigenvalue weighted by Crippen LogP contribution is -2.22. The number of halogens is 2. The molecule has 0 radical (unpaired) electrons. The molecule has 1 N–H and O–H groups in total. The smallest absolute Gasteiger partial charge is 0.163 e. The molecule has 0 aliphatic heterocycles. The third kappa shape index (κ3) is 3.39. The first kappa shape index (κ1) is 16.3. The van der Waals surface area contributed by atoms with Crippen LogP contribution in [0.15, 0.2) is 28.1 Å². The average Bonchev–Trinajstić information content (AvgIpc) is 2.90. The number of hydrogen-bond donors (Lipinski definition) is 1. The molecule has 2 aromatic rings. The Morgan fingerprint density at radius 3 is 2.48 bits per heavy atom. The van der Waals surface area contributed by atoms with Crippen molar-refractivity contribution in [3.05, 3.63) is 44.3 Å². The van der Waals surface area contributed by atoms with Gasteiger partial charge < -0.3 is 14.8 Å². The van der Waals surface area contributed by atoms with E-state index in [4.69, 9.17) is 9.47 Å². The van der Waals surface area contributed by atoms with Gasteiger partial charge in [0.1, 0.15) is 5.82 Å². The minimum Gasteiger partial charge on any atom is -0.493 e. The molecule has 0 aliphatic carbocycles. The lowest BCUT2D eigenvalue weighted by atomic mass is 10.0. The number of ether oxygens (including phenoxy) is 2. The van der Waals surface area contributed by atoms with E-state index in [0.717, 1.165) is 15.9 Å². The monoisotopic (exact) mass is 373 g/mol. The summed E-state index contributed by atoms with van der Waals surface area (Å²) in [7, 11) is 3.04. The predicted octanol–water partition coefficient (Wildman–Crippen LogP) is 4.37. The molecule has 0 aliphatic rings. The Bertz CT molecular complexity index is 618. The molecule has 1 aromatic carbocycles. The first-order chi connectivity index (χ1) is 10.1. The van der Waals surface area contributed by atoms with Gasteiger partial charge in [0.25, 0.3) is 0 Å². The fourth-order valence-electron chi connectivity index (χ4n) is 2.15. The molecule has 1 unspecified atom stereocenters. The van der Waals surface area contributed by atoms with Gasteiger partial charge in [-0.2, -0.15) is 0 Å². The van der Waals surface area contributed by atoms with Crippen LogP contribution in [0.25, 0.3) is 0 Å². The Labute approximate surface area is 136 Å². The lowest BCUT2D eigenvalue weighted by molar-refractivity contribution is 0.351. The summed E-state index contributed by atoms with van der Waals surface area (Å²) in [5.74, 6) is 0.586. The van der Waals surface area contributed by atoms with Crippen LogP contribution in [0, 0.1) is 5.82 Å². The highest BCUT2D eigenvalue weighted by molar-refractivity contribution is 9.10. The second kappa shape index (κ2) is 7.24. The van der Waals surface area contributed by atoms with E-state index in [2.05, 4.69) is 21.2 Å². The Kier molecular flexibility index (Phi) is 5.61. The number of methoxy groups -OCH3 is 2. The number of rotatable bonds is 6. The maximum atomic E-state index is 14.5. The lowest BCUT2D eigenvalue weighted by Gasteiger charge is -2.20. The highest BCUT2D eigenvalue weighted by Crippen LogP contribution is 2.38. The zero-order chi connectivity index (χ0) is 15.4. The molecule has 0 saturated carbocycles. The number of thiophene rings is 1. The van der Waals surface area contributed by atoms with Gasteiger partial charge in [-0.05, 0) is 40.0 Å². The molecular weight excluding hydrogens is 357 g/mol. The zero-order valence-electron chi connectivity index (χ0n) is 12.1. The van der Waals surface area contributed by atoms with Gasteiger partial charge in [0, 0.05) is 21.0 Å². The van der Waals surface area contributed by atoms with Crippen molar-refractivity contribution >= 4 is 27.3 Å². The van der Waals surface area contributed by atoms with E-state index in [1.807, 2.05) is 18.4 Å². The van der Waals surface area contributed by atoms with Gasteiger partial charge in [0.15, 0.2) is 11.5 Å². The summed E-state index contributed by atoms with van der Waals surface area (Å²) in [6.45, 7) is 2.72. The van der Waals surface area contributed by atoms with Crippen molar-refractivity contribution in [3.8, 4) is 11.5 Å². The van der Waals surface area contributed by atoms with E-state index in [1.165, 1.54) is 13.2 Å². The van der Waals surface area contributed by atoms with Crippen LogP contribution in [0.3, 0.4) is 0 Å². The summed E-state index contributed by atoms with van der Waals surface area (Å²) in [6.07, 6.45) is 0. The molecule has 0 bridgehead atoms. The van der Waals surface area contributed by atoms with Crippen molar-refractivity contribution in [1.82, 2.24) is 5.32 Å². The zero-order valence-corrected chi connectivity index (χ0v) is 14.5. The molecule has 0 fully saturated rings. The summed E-state index contributed by atoms with van der Waals surface area (Å²) in [5, 5.41) is 5.29. The third-order valence-electron chi connectivity index (χ3n) is 3.13. The molecule has 1 heterocycles. The highest BCUT2D eigenvalue weighted by Gasteiger charge is 2.23. The van der Waals surface area contributed by atoms with Gasteiger partial charge in [-0.3, -0.25) is 0 Å². The van der Waals surface area contributed by atoms with Crippen LogP contribution in [-0.4, -0.2) is 20.8 Å². The first-order valence-corrected chi connectivity index (χ1v) is 8.17. The minimum absolute atomic E-state index is 0.232. The Morgan fingerprint density at radius 2 is 1.95 bits per heavy atom. The standard InChI is InChI=1S/C15H17BrFNO2S/c1-4-18-14(15-10(16)5-6-21-15)9-7-12(19-2)13(20-3)8-11(9)17/h5-8,14,18H,4H2,1-3H3.